The number of halogens is 1. The number of carbonyl (C=O) groups is 1. The Labute approximate surface area is 130 Å². The van der Waals surface area contributed by atoms with Crippen LogP contribution in [0.25, 0.3) is 0 Å². The monoisotopic (exact) mass is 312 g/mol. The summed E-state index contributed by atoms with van der Waals surface area (Å²) in [6, 6.07) is 3.69. The Kier molecular flexibility index (Phi) is 4.99. The maximum absolute atomic E-state index is 11.5. The van der Waals surface area contributed by atoms with Gasteiger partial charge in [-0.25, -0.2) is 0 Å². The molecule has 0 spiro atoms. The summed E-state index contributed by atoms with van der Waals surface area (Å²) in [5, 5.41) is 0.570. The van der Waals surface area contributed by atoms with Crippen molar-refractivity contribution in [2.24, 2.45) is 11.8 Å². The van der Waals surface area contributed by atoms with Crippen molar-refractivity contribution in [1.82, 2.24) is 0 Å². The highest BCUT2D eigenvalue weighted by molar-refractivity contribution is 6.32. The topological polar surface area (TPSA) is 44.8 Å². The maximum Gasteiger partial charge on any atom is 0.308 e. The molecule has 21 heavy (non-hydrogen) atoms. The minimum absolute atomic E-state index is 0.0529. The number of carbonyl (C=O) groups excluding carboxylic acids is 1. The molecule has 116 valence electrons. The van der Waals surface area contributed by atoms with Gasteiger partial charge in [-0.1, -0.05) is 18.5 Å². The van der Waals surface area contributed by atoms with E-state index in [0.29, 0.717) is 16.7 Å². The molecule has 0 radical (unpaired) electrons. The minimum Gasteiger partial charge on any atom is -0.496 e. The van der Waals surface area contributed by atoms with Crippen molar-refractivity contribution < 1.29 is 19.0 Å². The van der Waals surface area contributed by atoms with Crippen LogP contribution in [0.1, 0.15) is 31.2 Å². The first kappa shape index (κ1) is 16.0. The second kappa shape index (κ2) is 6.56. The lowest BCUT2D eigenvalue weighted by Crippen LogP contribution is -2.06. The molecule has 2 rings (SSSR count). The summed E-state index contributed by atoms with van der Waals surface area (Å²) >= 11 is 6.20. The van der Waals surface area contributed by atoms with E-state index in [2.05, 4.69) is 6.92 Å². The highest BCUT2D eigenvalue weighted by Gasteiger charge is 2.44. The van der Waals surface area contributed by atoms with Gasteiger partial charge in [-0.05, 0) is 36.3 Å². The number of hydrogen-bond acceptors (Lipinski definition) is 4. The Bertz CT molecular complexity index is 529. The van der Waals surface area contributed by atoms with Crippen LogP contribution in [-0.2, 0) is 9.53 Å². The molecule has 1 aliphatic carbocycles. The predicted molar refractivity (Wildman–Crippen MR) is 81.2 cm³/mol. The molecule has 0 bridgehead atoms. The molecule has 0 aromatic heterocycles. The smallest absolute Gasteiger partial charge is 0.308 e. The molecular formula is C16H21ClO4. The Morgan fingerprint density at radius 3 is 2.52 bits per heavy atom. The van der Waals surface area contributed by atoms with Gasteiger partial charge in [0.25, 0.3) is 0 Å². The summed E-state index contributed by atoms with van der Waals surface area (Å²) in [4.78, 5) is 11.5. The molecule has 1 aliphatic rings. The summed E-state index contributed by atoms with van der Waals surface area (Å²) in [6.45, 7) is 2.12. The zero-order chi connectivity index (χ0) is 15.6. The van der Waals surface area contributed by atoms with Gasteiger partial charge >= 0.3 is 5.97 Å². The summed E-state index contributed by atoms with van der Waals surface area (Å²) in [5.74, 6) is 1.95. The highest BCUT2D eigenvalue weighted by atomic mass is 35.5. The zero-order valence-electron chi connectivity index (χ0n) is 12.8. The van der Waals surface area contributed by atoms with Crippen LogP contribution in [0.3, 0.4) is 0 Å². The molecule has 0 amide bonds. The van der Waals surface area contributed by atoms with Crippen molar-refractivity contribution in [2.45, 2.75) is 25.7 Å². The molecule has 1 saturated carbocycles. The third-order valence-corrected chi connectivity index (χ3v) is 4.41. The van der Waals surface area contributed by atoms with Crippen molar-refractivity contribution in [3.05, 3.63) is 22.7 Å². The van der Waals surface area contributed by atoms with Gasteiger partial charge in [0.05, 0.1) is 32.3 Å². The van der Waals surface area contributed by atoms with E-state index in [1.165, 1.54) is 7.11 Å². The largest absolute Gasteiger partial charge is 0.496 e. The van der Waals surface area contributed by atoms with Gasteiger partial charge in [-0.2, -0.15) is 0 Å². The SMILES string of the molecule is COC(=O)C1CC1CC(C)c1cc(Cl)c(OC)cc1OC. The summed E-state index contributed by atoms with van der Waals surface area (Å²) in [6.07, 6.45) is 1.82. The fraction of sp³-hybridized carbons (Fsp3) is 0.562. The summed E-state index contributed by atoms with van der Waals surface area (Å²) < 4.78 is 15.4. The lowest BCUT2D eigenvalue weighted by molar-refractivity contribution is -0.142. The standard InChI is InChI=1S/C16H21ClO4/c1-9(5-10-6-12(10)16(18)21-4)11-7-13(17)15(20-3)8-14(11)19-2/h7-10,12H,5-6H2,1-4H3. The van der Waals surface area contributed by atoms with Crippen LogP contribution in [-0.4, -0.2) is 27.3 Å². The predicted octanol–water partition coefficient (Wildman–Crippen LogP) is 3.66. The van der Waals surface area contributed by atoms with Gasteiger partial charge in [-0.3, -0.25) is 4.79 Å². The van der Waals surface area contributed by atoms with E-state index in [1.807, 2.05) is 6.07 Å². The van der Waals surface area contributed by atoms with Crippen LogP contribution in [0.4, 0.5) is 0 Å². The number of methoxy groups -OCH3 is 3. The van der Waals surface area contributed by atoms with Crippen LogP contribution < -0.4 is 9.47 Å². The second-order valence-electron chi connectivity index (χ2n) is 5.49. The van der Waals surface area contributed by atoms with Crippen molar-refractivity contribution in [3.8, 4) is 11.5 Å². The fourth-order valence-electron chi connectivity index (χ4n) is 2.80. The molecule has 0 N–H and O–H groups in total. The molecule has 0 heterocycles. The molecule has 5 heteroatoms. The number of esters is 1. The van der Waals surface area contributed by atoms with Crippen molar-refractivity contribution >= 4 is 17.6 Å². The highest BCUT2D eigenvalue weighted by Crippen LogP contribution is 2.47. The van der Waals surface area contributed by atoms with E-state index in [0.717, 1.165) is 24.2 Å². The Morgan fingerprint density at radius 1 is 1.29 bits per heavy atom. The van der Waals surface area contributed by atoms with Crippen LogP contribution in [0.2, 0.25) is 5.02 Å². The van der Waals surface area contributed by atoms with Crippen molar-refractivity contribution in [3.63, 3.8) is 0 Å². The van der Waals surface area contributed by atoms with Gasteiger partial charge < -0.3 is 14.2 Å². The Balaban J connectivity index is 2.11. The van der Waals surface area contributed by atoms with E-state index in [1.54, 1.807) is 20.3 Å². The third-order valence-electron chi connectivity index (χ3n) is 4.12. The number of rotatable bonds is 6. The molecule has 3 unspecified atom stereocenters. The summed E-state index contributed by atoms with van der Waals surface area (Å²) in [7, 11) is 4.65. The molecule has 3 atom stereocenters. The van der Waals surface area contributed by atoms with Crippen molar-refractivity contribution in [2.75, 3.05) is 21.3 Å². The Morgan fingerprint density at radius 2 is 1.95 bits per heavy atom. The van der Waals surface area contributed by atoms with E-state index < -0.39 is 0 Å². The molecule has 0 saturated heterocycles. The zero-order valence-corrected chi connectivity index (χ0v) is 13.6. The number of benzene rings is 1. The van der Waals surface area contributed by atoms with Gasteiger partial charge in [0.1, 0.15) is 11.5 Å². The van der Waals surface area contributed by atoms with Gasteiger partial charge in [-0.15, -0.1) is 0 Å². The third kappa shape index (κ3) is 3.43. The van der Waals surface area contributed by atoms with Gasteiger partial charge in [0.2, 0.25) is 0 Å². The van der Waals surface area contributed by atoms with E-state index in [9.17, 15) is 4.79 Å². The van der Waals surface area contributed by atoms with Crippen molar-refractivity contribution in [1.29, 1.82) is 0 Å². The fourth-order valence-corrected chi connectivity index (χ4v) is 3.05. The quantitative estimate of drug-likeness (QED) is 0.752. The van der Waals surface area contributed by atoms with Gasteiger partial charge in [0, 0.05) is 6.07 Å². The lowest BCUT2D eigenvalue weighted by atomic mass is 9.93. The van der Waals surface area contributed by atoms with Crippen LogP contribution in [0, 0.1) is 11.8 Å². The van der Waals surface area contributed by atoms with E-state index in [4.69, 9.17) is 25.8 Å². The summed E-state index contributed by atoms with van der Waals surface area (Å²) in [5.41, 5.74) is 1.04. The van der Waals surface area contributed by atoms with Crippen LogP contribution >= 0.6 is 11.6 Å². The lowest BCUT2D eigenvalue weighted by Gasteiger charge is -2.17. The Hall–Kier alpha value is -1.42. The second-order valence-corrected chi connectivity index (χ2v) is 5.90. The molecule has 4 nitrogen and oxygen atoms in total. The van der Waals surface area contributed by atoms with Crippen LogP contribution in [0.15, 0.2) is 12.1 Å². The maximum atomic E-state index is 11.5. The number of hydrogen-bond donors (Lipinski definition) is 0. The molecule has 0 aliphatic heterocycles. The average Bonchev–Trinajstić information content (AvgIpc) is 3.25. The minimum atomic E-state index is -0.105. The first-order chi connectivity index (χ1) is 10.0. The first-order valence-corrected chi connectivity index (χ1v) is 7.38. The molecular weight excluding hydrogens is 292 g/mol. The van der Waals surface area contributed by atoms with E-state index in [-0.39, 0.29) is 17.8 Å². The molecule has 1 aromatic carbocycles. The van der Waals surface area contributed by atoms with E-state index >= 15 is 0 Å². The normalized spacial score (nSPS) is 21.6. The van der Waals surface area contributed by atoms with Gasteiger partial charge in [0.15, 0.2) is 0 Å². The average molecular weight is 313 g/mol. The first-order valence-electron chi connectivity index (χ1n) is 7.01. The number of ether oxygens (including phenoxy) is 3. The molecule has 1 aromatic rings. The molecule has 1 fully saturated rings. The van der Waals surface area contributed by atoms with Crippen LogP contribution in [0.5, 0.6) is 11.5 Å².